The van der Waals surface area contributed by atoms with Gasteiger partial charge in [0.15, 0.2) is 0 Å². The van der Waals surface area contributed by atoms with E-state index < -0.39 is 0 Å². The maximum absolute atomic E-state index is 6.33. The Bertz CT molecular complexity index is 451. The molecule has 3 heteroatoms. The molecule has 0 aliphatic heterocycles. The van der Waals surface area contributed by atoms with E-state index in [2.05, 4.69) is 52.6 Å². The maximum Gasteiger partial charge on any atom is 0.0720 e. The van der Waals surface area contributed by atoms with Crippen LogP contribution >= 0.6 is 15.9 Å². The quantitative estimate of drug-likeness (QED) is 0.851. The van der Waals surface area contributed by atoms with Crippen LogP contribution in [0.3, 0.4) is 0 Å². The summed E-state index contributed by atoms with van der Waals surface area (Å²) in [6, 6.07) is 9.15. The molecular formula is C18H26BrNO. The molecule has 0 radical (unpaired) electrons. The van der Waals surface area contributed by atoms with Crippen LogP contribution in [0.4, 0.5) is 0 Å². The summed E-state index contributed by atoms with van der Waals surface area (Å²) in [6.07, 6.45) is 9.83. The van der Waals surface area contributed by atoms with Crippen LogP contribution in [0.25, 0.3) is 0 Å². The summed E-state index contributed by atoms with van der Waals surface area (Å²) >= 11 is 3.48. The van der Waals surface area contributed by atoms with Gasteiger partial charge in [0.25, 0.3) is 0 Å². The molecule has 0 saturated heterocycles. The fourth-order valence-corrected chi connectivity index (χ4v) is 4.49. The lowest BCUT2D eigenvalue weighted by atomic mass is 9.58. The van der Waals surface area contributed by atoms with E-state index in [1.807, 2.05) is 0 Å². The first-order chi connectivity index (χ1) is 10.2. The molecule has 2 fully saturated rings. The Morgan fingerprint density at radius 2 is 1.81 bits per heavy atom. The molecule has 1 N–H and O–H groups in total. The van der Waals surface area contributed by atoms with Gasteiger partial charge in [-0.2, -0.15) is 0 Å². The Hall–Kier alpha value is -0.380. The summed E-state index contributed by atoms with van der Waals surface area (Å²) < 4.78 is 7.46. The van der Waals surface area contributed by atoms with E-state index in [1.165, 1.54) is 50.5 Å². The third-order valence-electron chi connectivity index (χ3n) is 5.53. The highest BCUT2D eigenvalue weighted by Crippen LogP contribution is 2.52. The molecule has 0 amide bonds. The van der Waals surface area contributed by atoms with Crippen LogP contribution in [-0.2, 0) is 11.3 Å². The zero-order valence-electron chi connectivity index (χ0n) is 12.9. The van der Waals surface area contributed by atoms with Crippen molar-refractivity contribution < 1.29 is 4.74 Å². The molecule has 116 valence electrons. The highest BCUT2D eigenvalue weighted by molar-refractivity contribution is 9.10. The maximum atomic E-state index is 6.33. The first-order valence-corrected chi connectivity index (χ1v) is 9.07. The molecule has 0 heterocycles. The smallest absolute Gasteiger partial charge is 0.0720 e. The zero-order chi connectivity index (χ0) is 14.7. The molecule has 0 aromatic heterocycles. The molecule has 2 nitrogen and oxygen atoms in total. The van der Waals surface area contributed by atoms with Crippen LogP contribution in [0.5, 0.6) is 0 Å². The van der Waals surface area contributed by atoms with E-state index >= 15 is 0 Å². The van der Waals surface area contributed by atoms with Crippen LogP contribution in [0.1, 0.15) is 50.5 Å². The lowest BCUT2D eigenvalue weighted by Crippen LogP contribution is -2.62. The average Bonchev–Trinajstić information content (AvgIpc) is 2.76. The number of benzene rings is 1. The summed E-state index contributed by atoms with van der Waals surface area (Å²) in [4.78, 5) is 0. The van der Waals surface area contributed by atoms with Crippen molar-refractivity contribution in [3.8, 4) is 0 Å². The van der Waals surface area contributed by atoms with E-state index in [-0.39, 0.29) is 0 Å². The van der Waals surface area contributed by atoms with Crippen molar-refractivity contribution in [1.82, 2.24) is 5.32 Å². The van der Waals surface area contributed by atoms with Crippen LogP contribution in [-0.4, -0.2) is 19.2 Å². The minimum Gasteiger partial charge on any atom is -0.373 e. The third-order valence-corrected chi connectivity index (χ3v) is 6.06. The van der Waals surface area contributed by atoms with Gasteiger partial charge >= 0.3 is 0 Å². The number of ether oxygens (including phenoxy) is 1. The van der Waals surface area contributed by atoms with Crippen molar-refractivity contribution in [1.29, 1.82) is 0 Å². The second-order valence-corrected chi connectivity index (χ2v) is 7.57. The number of halogens is 1. The average molecular weight is 352 g/mol. The normalized spacial score (nSPS) is 28.1. The molecule has 1 aromatic carbocycles. The second-order valence-electron chi connectivity index (χ2n) is 6.65. The van der Waals surface area contributed by atoms with Gasteiger partial charge < -0.3 is 10.1 Å². The van der Waals surface area contributed by atoms with Gasteiger partial charge in [-0.25, -0.2) is 0 Å². The van der Waals surface area contributed by atoms with E-state index in [0.717, 1.165) is 11.1 Å². The van der Waals surface area contributed by atoms with Crippen molar-refractivity contribution in [2.45, 2.75) is 63.7 Å². The Kier molecular flexibility index (Phi) is 5.03. The lowest BCUT2D eigenvalue weighted by molar-refractivity contribution is -0.148. The van der Waals surface area contributed by atoms with Crippen LogP contribution < -0.4 is 5.32 Å². The topological polar surface area (TPSA) is 21.3 Å². The molecule has 3 rings (SSSR count). The standard InChI is InChI=1S/C18H26BrNO/c1-20-16-12-17(18(16)10-4-2-3-5-11-18)21-13-14-6-8-15(19)9-7-14/h6-9,16-17,20H,2-5,10-13H2,1H3. The molecule has 2 unspecified atom stereocenters. The van der Waals surface area contributed by atoms with Gasteiger partial charge in [0.2, 0.25) is 0 Å². The van der Waals surface area contributed by atoms with Crippen molar-refractivity contribution in [3.05, 3.63) is 34.3 Å². The van der Waals surface area contributed by atoms with Gasteiger partial charge in [-0.1, -0.05) is 53.7 Å². The molecule has 1 aromatic rings. The highest BCUT2D eigenvalue weighted by atomic mass is 79.9. The van der Waals surface area contributed by atoms with Gasteiger partial charge in [0.05, 0.1) is 12.7 Å². The van der Waals surface area contributed by atoms with Crippen molar-refractivity contribution in [2.75, 3.05) is 7.05 Å². The van der Waals surface area contributed by atoms with Crippen LogP contribution in [0.2, 0.25) is 0 Å². The van der Waals surface area contributed by atoms with Crippen molar-refractivity contribution in [2.24, 2.45) is 5.41 Å². The molecular weight excluding hydrogens is 326 g/mol. The summed E-state index contributed by atoms with van der Waals surface area (Å²) in [5.41, 5.74) is 1.68. The first-order valence-electron chi connectivity index (χ1n) is 8.28. The predicted octanol–water partition coefficient (Wildman–Crippen LogP) is 4.67. The van der Waals surface area contributed by atoms with E-state index in [4.69, 9.17) is 4.74 Å². The summed E-state index contributed by atoms with van der Waals surface area (Å²) in [5, 5.41) is 3.54. The number of hydrogen-bond acceptors (Lipinski definition) is 2. The number of hydrogen-bond donors (Lipinski definition) is 1. The molecule has 2 atom stereocenters. The largest absolute Gasteiger partial charge is 0.373 e. The Morgan fingerprint density at radius 1 is 1.14 bits per heavy atom. The van der Waals surface area contributed by atoms with Crippen molar-refractivity contribution >= 4 is 15.9 Å². The second kappa shape index (κ2) is 6.80. The van der Waals surface area contributed by atoms with Crippen LogP contribution in [0.15, 0.2) is 28.7 Å². The van der Waals surface area contributed by atoms with Gasteiger partial charge in [-0.05, 0) is 44.0 Å². The Morgan fingerprint density at radius 3 is 2.43 bits per heavy atom. The first kappa shape index (κ1) is 15.5. The third kappa shape index (κ3) is 3.20. The highest BCUT2D eigenvalue weighted by Gasteiger charge is 2.54. The summed E-state index contributed by atoms with van der Waals surface area (Å²) in [5.74, 6) is 0. The molecule has 1 spiro atoms. The van der Waals surface area contributed by atoms with Gasteiger partial charge in [0.1, 0.15) is 0 Å². The molecule has 2 aliphatic rings. The fraction of sp³-hybridized carbons (Fsp3) is 0.667. The van der Waals surface area contributed by atoms with Gasteiger partial charge in [-0.3, -0.25) is 0 Å². The van der Waals surface area contributed by atoms with E-state index in [0.29, 0.717) is 17.6 Å². The fourth-order valence-electron chi connectivity index (χ4n) is 4.22. The lowest BCUT2D eigenvalue weighted by Gasteiger charge is -2.56. The SMILES string of the molecule is CNC1CC(OCc2ccc(Br)cc2)C12CCCCCC2. The minimum atomic E-state index is 0.403. The number of rotatable bonds is 4. The summed E-state index contributed by atoms with van der Waals surface area (Å²) in [7, 11) is 2.11. The number of nitrogens with one attached hydrogen (secondary N) is 1. The Labute approximate surface area is 136 Å². The zero-order valence-corrected chi connectivity index (χ0v) is 14.5. The van der Waals surface area contributed by atoms with Gasteiger partial charge in [-0.15, -0.1) is 0 Å². The molecule has 2 saturated carbocycles. The van der Waals surface area contributed by atoms with E-state index in [1.54, 1.807) is 0 Å². The predicted molar refractivity (Wildman–Crippen MR) is 90.3 cm³/mol. The van der Waals surface area contributed by atoms with Crippen LogP contribution in [0, 0.1) is 5.41 Å². The monoisotopic (exact) mass is 351 g/mol. The van der Waals surface area contributed by atoms with Gasteiger partial charge in [0, 0.05) is 15.9 Å². The van der Waals surface area contributed by atoms with E-state index in [9.17, 15) is 0 Å². The summed E-state index contributed by atoms with van der Waals surface area (Å²) in [6.45, 7) is 0.746. The molecule has 0 bridgehead atoms. The molecule has 21 heavy (non-hydrogen) atoms. The van der Waals surface area contributed by atoms with Crippen molar-refractivity contribution in [3.63, 3.8) is 0 Å². The minimum absolute atomic E-state index is 0.403. The molecule has 2 aliphatic carbocycles. The Balaban J connectivity index is 1.63.